The lowest BCUT2D eigenvalue weighted by atomic mass is 10.1. The predicted molar refractivity (Wildman–Crippen MR) is 48.7 cm³/mol. The van der Waals surface area contributed by atoms with Gasteiger partial charge in [-0.25, -0.2) is 4.39 Å². The first kappa shape index (κ1) is 7.83. The van der Waals surface area contributed by atoms with Crippen LogP contribution < -0.4 is 0 Å². The second-order valence-corrected chi connectivity index (χ2v) is 5.38. The molecule has 0 radical (unpaired) electrons. The fraction of sp³-hybridized carbons (Fsp3) is 0.400. The number of fused-ring (bicyclic) bond motifs is 3. The quantitative estimate of drug-likeness (QED) is 0.583. The molecule has 1 aromatic carbocycles. The molecule has 1 heterocycles. The first-order valence-corrected chi connectivity index (χ1v) is 5.61. The van der Waals surface area contributed by atoms with Crippen molar-refractivity contribution in [3.05, 3.63) is 29.1 Å². The van der Waals surface area contributed by atoms with Gasteiger partial charge in [-0.15, -0.1) is 0 Å². The Bertz CT molecular complexity index is 391. The van der Waals surface area contributed by atoms with Gasteiger partial charge in [0.1, 0.15) is 11.1 Å². The van der Waals surface area contributed by atoms with Gasteiger partial charge in [0, 0.05) is 23.5 Å². The van der Waals surface area contributed by atoms with E-state index in [0.29, 0.717) is 16.7 Å². The lowest BCUT2D eigenvalue weighted by molar-refractivity contribution is 0.587. The topological polar surface area (TPSA) is 23.1 Å². The molecule has 3 atom stereocenters. The minimum absolute atomic E-state index is 0.228. The molecule has 0 aromatic heterocycles. The van der Waals surface area contributed by atoms with Crippen LogP contribution in [-0.4, -0.2) is 9.80 Å². The van der Waals surface area contributed by atoms with Crippen LogP contribution in [0.2, 0.25) is 0 Å². The molecule has 1 fully saturated rings. The Hall–Kier alpha value is -0.540. The van der Waals surface area contributed by atoms with Gasteiger partial charge in [-0.05, 0) is 24.2 Å². The van der Waals surface area contributed by atoms with Crippen molar-refractivity contribution >= 4 is 11.2 Å². The molecule has 1 saturated carbocycles. The molecule has 3 heteroatoms. The molecule has 1 aliphatic carbocycles. The Kier molecular flexibility index (Phi) is 1.37. The van der Waals surface area contributed by atoms with Crippen molar-refractivity contribution < 1.29 is 8.94 Å². The summed E-state index contributed by atoms with van der Waals surface area (Å²) in [5.41, 5.74) is 1.71. The van der Waals surface area contributed by atoms with Gasteiger partial charge in [-0.1, -0.05) is 6.07 Å². The number of hydrogen-bond donors (Lipinski definition) is 0. The van der Waals surface area contributed by atoms with Crippen LogP contribution in [-0.2, 0) is 11.2 Å². The molecule has 3 unspecified atom stereocenters. The lowest BCUT2D eigenvalue weighted by Crippen LogP contribution is -2.06. The average Bonchev–Trinajstić information content (AvgIpc) is 2.83. The molecule has 0 amide bonds. The maximum Gasteiger partial charge on any atom is 0.162 e. The lowest BCUT2D eigenvalue weighted by Gasteiger charge is -2.10. The molecular formula is C10H9FOS. The van der Waals surface area contributed by atoms with E-state index in [9.17, 15) is 8.94 Å². The fourth-order valence-corrected chi connectivity index (χ4v) is 4.12. The van der Waals surface area contributed by atoms with Crippen LogP contribution >= 0.6 is 0 Å². The molecule has 1 aromatic rings. The van der Waals surface area contributed by atoms with E-state index >= 15 is 0 Å². The zero-order valence-corrected chi connectivity index (χ0v) is 8.03. The first-order chi connectivity index (χ1) is 6.20. The van der Waals surface area contributed by atoms with Gasteiger partial charge in [0.15, 0.2) is 4.90 Å². The summed E-state index contributed by atoms with van der Waals surface area (Å²) in [7, 11) is 0. The maximum atomic E-state index is 13.2. The summed E-state index contributed by atoms with van der Waals surface area (Å²) in [6.07, 6.45) is 1.03. The third-order valence-electron chi connectivity index (χ3n) is 2.98. The van der Waals surface area contributed by atoms with Crippen LogP contribution in [0.3, 0.4) is 0 Å². The number of halogens is 1. The summed E-state index contributed by atoms with van der Waals surface area (Å²) in [6, 6.07) is 3.29. The van der Waals surface area contributed by atoms with Crippen LogP contribution in [0.5, 0.6) is 0 Å². The van der Waals surface area contributed by atoms with Crippen molar-refractivity contribution in [2.24, 2.45) is 0 Å². The van der Waals surface area contributed by atoms with Crippen LogP contribution in [0.1, 0.15) is 23.5 Å². The van der Waals surface area contributed by atoms with Gasteiger partial charge in [0.05, 0.1) is 0 Å². The first-order valence-electron chi connectivity index (χ1n) is 4.39. The van der Waals surface area contributed by atoms with E-state index in [2.05, 4.69) is 0 Å². The highest BCUT2D eigenvalue weighted by Crippen LogP contribution is 2.57. The Morgan fingerprint density at radius 2 is 2.31 bits per heavy atom. The Balaban J connectivity index is 2.26. The molecule has 2 aliphatic rings. The minimum Gasteiger partial charge on any atom is -0.611 e. The van der Waals surface area contributed by atoms with Gasteiger partial charge in [-0.3, -0.25) is 0 Å². The Morgan fingerprint density at radius 1 is 1.54 bits per heavy atom. The molecule has 0 bridgehead atoms. The zero-order valence-electron chi connectivity index (χ0n) is 7.21. The summed E-state index contributed by atoms with van der Waals surface area (Å²) < 4.78 is 24.9. The normalized spacial score (nSPS) is 34.2. The van der Waals surface area contributed by atoms with Crippen LogP contribution in [0, 0.1) is 12.7 Å². The van der Waals surface area contributed by atoms with Crippen molar-refractivity contribution in [3.8, 4) is 0 Å². The summed E-state index contributed by atoms with van der Waals surface area (Å²) in [6.45, 7) is 1.72. The van der Waals surface area contributed by atoms with Crippen molar-refractivity contribution in [2.45, 2.75) is 29.4 Å². The van der Waals surface area contributed by atoms with E-state index < -0.39 is 11.2 Å². The average molecular weight is 196 g/mol. The minimum atomic E-state index is -0.930. The fourth-order valence-electron chi connectivity index (χ4n) is 2.13. The molecule has 0 spiro atoms. The molecule has 0 saturated heterocycles. The Morgan fingerprint density at radius 3 is 3.08 bits per heavy atom. The smallest absolute Gasteiger partial charge is 0.162 e. The summed E-state index contributed by atoms with van der Waals surface area (Å²) in [5.74, 6) is 0.239. The molecule has 0 N–H and O–H groups in total. The van der Waals surface area contributed by atoms with Gasteiger partial charge in [0.2, 0.25) is 0 Å². The van der Waals surface area contributed by atoms with Crippen LogP contribution in [0.25, 0.3) is 0 Å². The molecule has 1 nitrogen and oxygen atoms in total. The molecule has 13 heavy (non-hydrogen) atoms. The zero-order chi connectivity index (χ0) is 9.16. The SMILES string of the molecule is Cc1c(F)ccc2c1[S+]([O-])C1CC21. The summed E-state index contributed by atoms with van der Waals surface area (Å²) >= 11 is -0.930. The maximum absolute atomic E-state index is 13.2. The number of rotatable bonds is 0. The predicted octanol–water partition coefficient (Wildman–Crippen LogP) is 2.11. The summed E-state index contributed by atoms with van der Waals surface area (Å²) in [4.78, 5) is 0.779. The van der Waals surface area contributed by atoms with E-state index in [1.165, 1.54) is 6.07 Å². The van der Waals surface area contributed by atoms with E-state index in [-0.39, 0.29) is 5.82 Å². The van der Waals surface area contributed by atoms with E-state index in [0.717, 1.165) is 16.9 Å². The van der Waals surface area contributed by atoms with Gasteiger partial charge in [0.25, 0.3) is 0 Å². The van der Waals surface area contributed by atoms with E-state index in [1.54, 1.807) is 13.0 Å². The second kappa shape index (κ2) is 2.28. The van der Waals surface area contributed by atoms with E-state index in [1.807, 2.05) is 0 Å². The highest BCUT2D eigenvalue weighted by atomic mass is 32.2. The molecular weight excluding hydrogens is 187 g/mol. The molecule has 3 rings (SSSR count). The van der Waals surface area contributed by atoms with Gasteiger partial charge < -0.3 is 4.55 Å². The Labute approximate surface area is 79.1 Å². The van der Waals surface area contributed by atoms with Crippen molar-refractivity contribution in [2.75, 3.05) is 0 Å². The number of benzene rings is 1. The third kappa shape index (κ3) is 0.864. The van der Waals surface area contributed by atoms with Crippen molar-refractivity contribution in [1.82, 2.24) is 0 Å². The molecule has 1 aliphatic heterocycles. The van der Waals surface area contributed by atoms with Crippen LogP contribution in [0.4, 0.5) is 4.39 Å². The largest absolute Gasteiger partial charge is 0.611 e. The van der Waals surface area contributed by atoms with Crippen molar-refractivity contribution in [1.29, 1.82) is 0 Å². The third-order valence-corrected chi connectivity index (χ3v) is 4.99. The highest BCUT2D eigenvalue weighted by molar-refractivity contribution is 7.92. The monoisotopic (exact) mass is 196 g/mol. The highest BCUT2D eigenvalue weighted by Gasteiger charge is 2.57. The van der Waals surface area contributed by atoms with Gasteiger partial charge >= 0.3 is 0 Å². The summed E-state index contributed by atoms with van der Waals surface area (Å²) in [5, 5.41) is 0.301. The number of hydrogen-bond acceptors (Lipinski definition) is 1. The van der Waals surface area contributed by atoms with Gasteiger partial charge in [-0.2, -0.15) is 0 Å². The molecule has 68 valence electrons. The van der Waals surface area contributed by atoms with Crippen molar-refractivity contribution in [3.63, 3.8) is 0 Å². The van der Waals surface area contributed by atoms with E-state index in [4.69, 9.17) is 0 Å². The second-order valence-electron chi connectivity index (χ2n) is 3.77. The van der Waals surface area contributed by atoms with Crippen LogP contribution in [0.15, 0.2) is 17.0 Å². The standard InChI is InChI=1S/C10H9FOS/c1-5-8(11)3-2-6-7-4-9(7)13(12)10(5)6/h2-3,7,9H,4H2,1H3.